The van der Waals surface area contributed by atoms with Gasteiger partial charge in [-0.05, 0) is 28.8 Å². The Morgan fingerprint density at radius 1 is 0.757 bits per heavy atom. The summed E-state index contributed by atoms with van der Waals surface area (Å²) in [4.78, 5) is 4.85. The van der Waals surface area contributed by atoms with Crippen LogP contribution in [0.3, 0.4) is 0 Å². The summed E-state index contributed by atoms with van der Waals surface area (Å²) >= 11 is 0. The third-order valence-corrected chi connectivity index (χ3v) is 6.78. The van der Waals surface area contributed by atoms with E-state index < -0.39 is 6.10 Å². The lowest BCUT2D eigenvalue weighted by molar-refractivity contribution is -0.000774. The first-order valence-electron chi connectivity index (χ1n) is 12.7. The summed E-state index contributed by atoms with van der Waals surface area (Å²) in [7, 11) is 4.76. The molecule has 0 amide bonds. The molecular formula is C30H38N2O5. The summed E-state index contributed by atoms with van der Waals surface area (Å²) in [5, 5.41) is 10.6. The van der Waals surface area contributed by atoms with Gasteiger partial charge in [-0.3, -0.25) is 9.80 Å². The normalized spacial score (nSPS) is 15.5. The van der Waals surface area contributed by atoms with Gasteiger partial charge in [0.1, 0.15) is 0 Å². The molecule has 1 saturated heterocycles. The highest BCUT2D eigenvalue weighted by Gasteiger charge is 2.27. The lowest BCUT2D eigenvalue weighted by Gasteiger charge is -2.40. The van der Waals surface area contributed by atoms with Crippen LogP contribution >= 0.6 is 0 Å². The number of aliphatic hydroxyl groups is 1. The van der Waals surface area contributed by atoms with Crippen molar-refractivity contribution in [3.8, 4) is 17.2 Å². The van der Waals surface area contributed by atoms with E-state index in [0.717, 1.165) is 31.7 Å². The largest absolute Gasteiger partial charge is 0.493 e. The van der Waals surface area contributed by atoms with Crippen LogP contribution in [0.1, 0.15) is 22.7 Å². The Hall–Kier alpha value is -3.10. The van der Waals surface area contributed by atoms with E-state index in [2.05, 4.69) is 70.5 Å². The number of hydrogen-bond donors (Lipinski definition) is 1. The van der Waals surface area contributed by atoms with Crippen LogP contribution in [0, 0.1) is 0 Å². The van der Waals surface area contributed by atoms with Gasteiger partial charge in [0.25, 0.3) is 0 Å². The third kappa shape index (κ3) is 7.02. The van der Waals surface area contributed by atoms with Crippen molar-refractivity contribution in [2.24, 2.45) is 0 Å². The average Bonchev–Trinajstić information content (AvgIpc) is 2.94. The minimum atomic E-state index is -0.562. The zero-order valence-corrected chi connectivity index (χ0v) is 22.0. The fourth-order valence-corrected chi connectivity index (χ4v) is 4.97. The molecule has 0 saturated carbocycles. The first-order chi connectivity index (χ1) is 18.1. The summed E-state index contributed by atoms with van der Waals surface area (Å²) in [6.45, 7) is 4.87. The predicted octanol–water partition coefficient (Wildman–Crippen LogP) is 4.00. The van der Waals surface area contributed by atoms with Gasteiger partial charge in [-0.1, -0.05) is 60.7 Å². The highest BCUT2D eigenvalue weighted by Crippen LogP contribution is 2.38. The molecule has 1 atom stereocenters. The highest BCUT2D eigenvalue weighted by atomic mass is 16.5. The molecule has 0 aromatic heterocycles. The van der Waals surface area contributed by atoms with Crippen molar-refractivity contribution >= 4 is 0 Å². The number of benzene rings is 3. The van der Waals surface area contributed by atoms with E-state index in [-0.39, 0.29) is 12.6 Å². The Balaban J connectivity index is 1.28. The smallest absolute Gasteiger partial charge is 0.203 e. The van der Waals surface area contributed by atoms with Crippen LogP contribution < -0.4 is 14.2 Å². The Bertz CT molecular complexity index is 1020. The molecule has 0 radical (unpaired) electrons. The molecule has 1 aliphatic rings. The Morgan fingerprint density at radius 2 is 1.30 bits per heavy atom. The first kappa shape index (κ1) is 26.9. The van der Waals surface area contributed by atoms with Crippen LogP contribution in [-0.4, -0.2) is 81.7 Å². The lowest BCUT2D eigenvalue weighted by atomic mass is 9.96. The number of aliphatic hydroxyl groups excluding tert-OH is 1. The molecule has 37 heavy (non-hydrogen) atoms. The molecule has 0 bridgehead atoms. The molecule has 1 N–H and O–H groups in total. The molecule has 198 valence electrons. The van der Waals surface area contributed by atoms with E-state index in [1.165, 1.54) is 11.1 Å². The van der Waals surface area contributed by atoms with E-state index in [4.69, 9.17) is 18.9 Å². The van der Waals surface area contributed by atoms with Crippen LogP contribution in [0.5, 0.6) is 17.2 Å². The molecule has 1 fully saturated rings. The van der Waals surface area contributed by atoms with Crippen molar-refractivity contribution in [1.82, 2.24) is 9.80 Å². The molecule has 1 unspecified atom stereocenters. The van der Waals surface area contributed by atoms with Gasteiger partial charge in [0.15, 0.2) is 11.5 Å². The second-order valence-corrected chi connectivity index (χ2v) is 9.26. The van der Waals surface area contributed by atoms with Crippen molar-refractivity contribution < 1.29 is 24.1 Å². The van der Waals surface area contributed by atoms with E-state index in [1.54, 1.807) is 21.3 Å². The summed E-state index contributed by atoms with van der Waals surface area (Å²) < 4.78 is 22.0. The maximum absolute atomic E-state index is 10.6. The number of methoxy groups -OCH3 is 3. The molecule has 0 aliphatic carbocycles. The van der Waals surface area contributed by atoms with E-state index in [9.17, 15) is 5.11 Å². The van der Waals surface area contributed by atoms with Crippen molar-refractivity contribution in [2.45, 2.75) is 18.8 Å². The zero-order valence-electron chi connectivity index (χ0n) is 22.0. The van der Waals surface area contributed by atoms with Gasteiger partial charge in [-0.25, -0.2) is 0 Å². The highest BCUT2D eigenvalue weighted by molar-refractivity contribution is 5.53. The quantitative estimate of drug-likeness (QED) is 0.398. The molecule has 7 nitrogen and oxygen atoms in total. The summed E-state index contributed by atoms with van der Waals surface area (Å²) in [6.07, 6.45) is -0.562. The predicted molar refractivity (Wildman–Crippen MR) is 145 cm³/mol. The molecule has 0 spiro atoms. The van der Waals surface area contributed by atoms with Crippen LogP contribution in [0.15, 0.2) is 72.8 Å². The molecule has 1 heterocycles. The SMILES string of the molecule is COc1cc(COCC(O)CN2CCN(C(c3ccccc3)c3ccccc3)CC2)cc(OC)c1OC. The van der Waals surface area contributed by atoms with Crippen molar-refractivity contribution in [3.63, 3.8) is 0 Å². The molecule has 3 aromatic carbocycles. The fraction of sp³-hybridized carbons (Fsp3) is 0.400. The van der Waals surface area contributed by atoms with Crippen LogP contribution in [0.4, 0.5) is 0 Å². The second-order valence-electron chi connectivity index (χ2n) is 9.26. The van der Waals surface area contributed by atoms with E-state index in [1.807, 2.05) is 12.1 Å². The van der Waals surface area contributed by atoms with Crippen molar-refractivity contribution in [3.05, 3.63) is 89.5 Å². The maximum atomic E-state index is 10.6. The van der Waals surface area contributed by atoms with Gasteiger partial charge >= 0.3 is 0 Å². The van der Waals surface area contributed by atoms with Gasteiger partial charge < -0.3 is 24.1 Å². The van der Waals surface area contributed by atoms with Gasteiger partial charge in [-0.2, -0.15) is 0 Å². The summed E-state index contributed by atoms with van der Waals surface area (Å²) in [5.74, 6) is 1.72. The number of β-amino-alcohol motifs (C(OH)–C–C–N with tert-alkyl or cyclic N) is 1. The minimum absolute atomic E-state index is 0.233. The first-order valence-corrected chi connectivity index (χ1v) is 12.7. The van der Waals surface area contributed by atoms with Crippen LogP contribution in [-0.2, 0) is 11.3 Å². The number of hydrogen-bond acceptors (Lipinski definition) is 7. The Kier molecular flexibility index (Phi) is 9.79. The Labute approximate surface area is 220 Å². The molecular weight excluding hydrogens is 468 g/mol. The van der Waals surface area contributed by atoms with E-state index in [0.29, 0.717) is 30.4 Å². The third-order valence-electron chi connectivity index (χ3n) is 6.78. The molecule has 3 aromatic rings. The van der Waals surface area contributed by atoms with Gasteiger partial charge in [0.05, 0.1) is 46.7 Å². The van der Waals surface area contributed by atoms with Gasteiger partial charge in [0, 0.05) is 32.7 Å². The number of nitrogens with zero attached hydrogens (tertiary/aromatic N) is 2. The Morgan fingerprint density at radius 3 is 1.78 bits per heavy atom. The van der Waals surface area contributed by atoms with Crippen molar-refractivity contribution in [1.29, 1.82) is 0 Å². The standard InChI is InChI=1S/C30H38N2O5/c1-34-27-18-23(19-28(35-2)30(27)36-3)21-37-22-26(33)20-31-14-16-32(17-15-31)29(24-10-6-4-7-11-24)25-12-8-5-9-13-25/h4-13,18-19,26,29,33H,14-17,20-22H2,1-3H3. The number of ether oxygens (including phenoxy) is 4. The fourth-order valence-electron chi connectivity index (χ4n) is 4.97. The van der Waals surface area contributed by atoms with Crippen molar-refractivity contribution in [2.75, 3.05) is 60.7 Å². The minimum Gasteiger partial charge on any atom is -0.493 e. The van der Waals surface area contributed by atoms with Gasteiger partial charge in [0.2, 0.25) is 5.75 Å². The number of piperazine rings is 1. The second kappa shape index (κ2) is 13.4. The molecule has 7 heteroatoms. The monoisotopic (exact) mass is 506 g/mol. The van der Waals surface area contributed by atoms with E-state index >= 15 is 0 Å². The lowest BCUT2D eigenvalue weighted by Crippen LogP contribution is -2.50. The van der Waals surface area contributed by atoms with Crippen LogP contribution in [0.25, 0.3) is 0 Å². The topological polar surface area (TPSA) is 63.6 Å². The maximum Gasteiger partial charge on any atom is 0.203 e. The van der Waals surface area contributed by atoms with Crippen LogP contribution in [0.2, 0.25) is 0 Å². The molecule has 1 aliphatic heterocycles. The number of rotatable bonds is 12. The average molecular weight is 507 g/mol. The molecule has 4 rings (SSSR count). The van der Waals surface area contributed by atoms with Gasteiger partial charge in [-0.15, -0.1) is 0 Å². The zero-order chi connectivity index (χ0) is 26.0. The summed E-state index contributed by atoms with van der Waals surface area (Å²) in [5.41, 5.74) is 3.51. The summed E-state index contributed by atoms with van der Waals surface area (Å²) in [6, 6.07) is 25.3.